The van der Waals surface area contributed by atoms with Crippen molar-refractivity contribution in [2.45, 2.75) is 32.2 Å². The molecule has 2 heterocycles. The third kappa shape index (κ3) is 4.26. The van der Waals surface area contributed by atoms with Crippen molar-refractivity contribution in [3.8, 4) is 0 Å². The Hall–Kier alpha value is -4.07. The van der Waals surface area contributed by atoms with Gasteiger partial charge in [0.2, 0.25) is 0 Å². The van der Waals surface area contributed by atoms with Crippen molar-refractivity contribution in [1.82, 2.24) is 21.0 Å². The summed E-state index contributed by atoms with van der Waals surface area (Å²) in [5, 5.41) is 7.85. The average Bonchev–Trinajstić information content (AvgIpc) is 3.64. The molecule has 2 aliphatic heterocycles. The molecular weight excluding hydrogens is 469 g/mol. The number of amides is 4. The highest BCUT2D eigenvalue weighted by Gasteiger charge is 2.39. The van der Waals surface area contributed by atoms with Gasteiger partial charge >= 0.3 is 12.1 Å². The van der Waals surface area contributed by atoms with E-state index in [0.717, 1.165) is 36.2 Å². The molecule has 37 heavy (non-hydrogen) atoms. The molecule has 0 saturated carbocycles. The van der Waals surface area contributed by atoms with Crippen molar-refractivity contribution < 1.29 is 14.0 Å². The number of hydrogen-bond acceptors (Lipinski definition) is 4. The smallest absolute Gasteiger partial charge is 0.326 e. The number of rotatable bonds is 5. The fourth-order valence-electron chi connectivity index (χ4n) is 6.10. The van der Waals surface area contributed by atoms with Gasteiger partial charge in [0.25, 0.3) is 0 Å². The first-order valence-electron chi connectivity index (χ1n) is 12.9. The van der Waals surface area contributed by atoms with Crippen molar-refractivity contribution in [1.29, 1.82) is 0 Å². The molecule has 0 radical (unpaired) electrons. The lowest BCUT2D eigenvalue weighted by molar-refractivity contribution is 0.194. The number of benzene rings is 2. The van der Waals surface area contributed by atoms with Crippen LogP contribution in [0, 0.1) is 17.7 Å². The highest BCUT2D eigenvalue weighted by atomic mass is 19.1. The monoisotopic (exact) mass is 499 g/mol. The molecule has 8 heteroatoms. The van der Waals surface area contributed by atoms with E-state index in [4.69, 9.17) is 0 Å². The number of carbonyl (C=O) groups is 2. The van der Waals surface area contributed by atoms with Crippen LogP contribution in [-0.2, 0) is 0 Å². The lowest BCUT2D eigenvalue weighted by Crippen LogP contribution is -2.43. The van der Waals surface area contributed by atoms with Crippen molar-refractivity contribution >= 4 is 17.7 Å². The molecule has 3 atom stereocenters. The molecule has 2 aliphatic carbocycles. The normalized spacial score (nSPS) is 23.1. The average molecular weight is 500 g/mol. The number of urea groups is 2. The molecule has 190 valence electrons. The minimum Gasteiger partial charge on any atom is -0.336 e. The third-order valence-corrected chi connectivity index (χ3v) is 7.91. The van der Waals surface area contributed by atoms with Gasteiger partial charge in [-0.15, -0.1) is 0 Å². The van der Waals surface area contributed by atoms with E-state index in [2.05, 4.69) is 29.1 Å². The predicted molar refractivity (Wildman–Crippen MR) is 140 cm³/mol. The van der Waals surface area contributed by atoms with Gasteiger partial charge in [0.05, 0.1) is 17.4 Å². The third-order valence-electron chi connectivity index (χ3n) is 7.91. The maximum absolute atomic E-state index is 13.5. The van der Waals surface area contributed by atoms with Gasteiger partial charge in [-0.2, -0.15) is 0 Å². The summed E-state index contributed by atoms with van der Waals surface area (Å²) in [5.74, 6) is 0.273. The quantitative estimate of drug-likeness (QED) is 0.533. The number of nitrogens with zero attached hydrogens (tertiary/aromatic N) is 2. The first-order chi connectivity index (χ1) is 18.0. The number of fused-ring (bicyclic) bond motifs is 1. The van der Waals surface area contributed by atoms with Crippen LogP contribution in [0.4, 0.5) is 19.7 Å². The molecule has 1 saturated heterocycles. The Balaban J connectivity index is 1.26. The number of carbonyl (C=O) groups excluding carboxylic acids is 2. The molecule has 0 spiro atoms. The molecule has 3 N–H and O–H groups in total. The summed E-state index contributed by atoms with van der Waals surface area (Å²) in [5.41, 5.74) is 10.4. The maximum Gasteiger partial charge on any atom is 0.326 e. The van der Waals surface area contributed by atoms with Crippen LogP contribution in [0.15, 0.2) is 89.3 Å². The zero-order valence-corrected chi connectivity index (χ0v) is 20.7. The lowest BCUT2D eigenvalue weighted by Gasteiger charge is -2.31. The Kier molecular flexibility index (Phi) is 5.94. The molecule has 4 aliphatic rings. The van der Waals surface area contributed by atoms with Gasteiger partial charge < -0.3 is 16.1 Å². The Morgan fingerprint density at radius 1 is 1.16 bits per heavy atom. The second kappa shape index (κ2) is 9.42. The van der Waals surface area contributed by atoms with Gasteiger partial charge in [-0.3, -0.25) is 5.01 Å². The van der Waals surface area contributed by atoms with Crippen LogP contribution < -0.4 is 21.1 Å². The van der Waals surface area contributed by atoms with Crippen molar-refractivity contribution in [2.24, 2.45) is 11.8 Å². The van der Waals surface area contributed by atoms with Crippen molar-refractivity contribution in [3.63, 3.8) is 0 Å². The van der Waals surface area contributed by atoms with E-state index < -0.39 is 0 Å². The molecule has 1 unspecified atom stereocenters. The number of allylic oxidation sites excluding steroid dienone is 4. The SMILES string of the molecule is C[C@H]1C2=CNN(c3ccc(F)cc3)C2=CC2=C1[C@@H](CC(NC(=O)N1CCNC1=O)c1ccccc1)CC2. The van der Waals surface area contributed by atoms with Crippen LogP contribution in [0.25, 0.3) is 0 Å². The number of anilines is 1. The second-order valence-corrected chi connectivity index (χ2v) is 10.0. The van der Waals surface area contributed by atoms with Crippen molar-refractivity contribution in [3.05, 3.63) is 101 Å². The molecule has 1 fully saturated rings. The number of imide groups is 1. The highest BCUT2D eigenvalue weighted by Crippen LogP contribution is 2.49. The minimum atomic E-state index is -0.354. The fourth-order valence-corrected chi connectivity index (χ4v) is 6.10. The topological polar surface area (TPSA) is 76.7 Å². The van der Waals surface area contributed by atoms with Crippen LogP contribution in [0.3, 0.4) is 0 Å². The molecule has 6 rings (SSSR count). The van der Waals surface area contributed by atoms with Gasteiger partial charge in [0, 0.05) is 30.8 Å². The van der Waals surface area contributed by atoms with E-state index >= 15 is 0 Å². The van der Waals surface area contributed by atoms with Gasteiger partial charge in [-0.05, 0) is 66.7 Å². The summed E-state index contributed by atoms with van der Waals surface area (Å²) in [6, 6.07) is 15.6. The van der Waals surface area contributed by atoms with Crippen LogP contribution in [-0.4, -0.2) is 30.1 Å². The van der Waals surface area contributed by atoms with Crippen molar-refractivity contribution in [2.75, 3.05) is 18.1 Å². The lowest BCUT2D eigenvalue weighted by atomic mass is 9.78. The largest absolute Gasteiger partial charge is 0.336 e. The zero-order chi connectivity index (χ0) is 25.5. The van der Waals surface area contributed by atoms with E-state index in [1.807, 2.05) is 41.5 Å². The molecule has 0 bridgehead atoms. The molecule has 0 aromatic heterocycles. The summed E-state index contributed by atoms with van der Waals surface area (Å²) >= 11 is 0. The van der Waals surface area contributed by atoms with Gasteiger partial charge in [0.15, 0.2) is 0 Å². The molecule has 7 nitrogen and oxygen atoms in total. The Morgan fingerprint density at radius 2 is 1.95 bits per heavy atom. The molecule has 2 aromatic rings. The number of nitrogens with one attached hydrogen (secondary N) is 3. The second-order valence-electron chi connectivity index (χ2n) is 10.0. The number of hydrazine groups is 1. The van der Waals surface area contributed by atoms with Crippen LogP contribution in [0.2, 0.25) is 0 Å². The zero-order valence-electron chi connectivity index (χ0n) is 20.7. The molecular formula is C29H30FN5O2. The van der Waals surface area contributed by atoms with Crippen LogP contribution in [0.5, 0.6) is 0 Å². The fraction of sp³-hybridized carbons (Fsp3) is 0.310. The minimum absolute atomic E-state index is 0.206. The Bertz CT molecular complexity index is 1320. The molecule has 2 aromatic carbocycles. The first-order valence-corrected chi connectivity index (χ1v) is 12.9. The summed E-state index contributed by atoms with van der Waals surface area (Å²) in [6.07, 6.45) is 7.05. The Morgan fingerprint density at radius 3 is 2.68 bits per heavy atom. The van der Waals surface area contributed by atoms with Crippen LogP contribution in [0.1, 0.15) is 37.8 Å². The van der Waals surface area contributed by atoms with Gasteiger partial charge in [-0.25, -0.2) is 18.9 Å². The van der Waals surface area contributed by atoms with Gasteiger partial charge in [-0.1, -0.05) is 42.8 Å². The number of halogens is 1. The highest BCUT2D eigenvalue weighted by molar-refractivity contribution is 5.95. The first kappa shape index (κ1) is 23.3. The summed E-state index contributed by atoms with van der Waals surface area (Å²) in [7, 11) is 0. The van der Waals surface area contributed by atoms with E-state index in [9.17, 15) is 14.0 Å². The maximum atomic E-state index is 13.5. The summed E-state index contributed by atoms with van der Waals surface area (Å²) in [6.45, 7) is 3.10. The Labute approximate surface area is 215 Å². The van der Waals surface area contributed by atoms with E-state index in [-0.39, 0.29) is 29.8 Å². The van der Waals surface area contributed by atoms with E-state index in [0.29, 0.717) is 19.0 Å². The number of hydrogen-bond donors (Lipinski definition) is 3. The van der Waals surface area contributed by atoms with E-state index in [1.54, 1.807) is 12.1 Å². The van der Waals surface area contributed by atoms with Gasteiger partial charge in [0.1, 0.15) is 5.82 Å². The summed E-state index contributed by atoms with van der Waals surface area (Å²) in [4.78, 5) is 26.3. The van der Waals surface area contributed by atoms with Crippen LogP contribution >= 0.6 is 0 Å². The molecule has 4 amide bonds. The predicted octanol–water partition coefficient (Wildman–Crippen LogP) is 5.14. The standard InChI is InChI=1S/C29H30FN5O2/c1-18-24-17-32-35(23-11-9-22(30)10-12-23)26(24)16-21-8-7-20(27(18)21)15-25(19-5-3-2-4-6-19)33-29(37)34-14-13-31-28(34)36/h2-6,9-12,16-18,20,25,32H,7-8,13-15H2,1H3,(H,31,36)(H,33,37)/t18-,20+,25?/m0/s1. The van der Waals surface area contributed by atoms with E-state index in [1.165, 1.54) is 33.8 Å². The summed E-state index contributed by atoms with van der Waals surface area (Å²) < 4.78 is 13.5.